The number of pyridine rings is 1. The Morgan fingerprint density at radius 3 is 2.35 bits per heavy atom. The summed E-state index contributed by atoms with van der Waals surface area (Å²) in [6, 6.07) is 29.0. The van der Waals surface area contributed by atoms with Gasteiger partial charge in [0, 0.05) is 93.8 Å². The molecular formula is C51H51N11O6. The van der Waals surface area contributed by atoms with Crippen molar-refractivity contribution in [3.8, 4) is 22.6 Å². The summed E-state index contributed by atoms with van der Waals surface area (Å²) in [5.41, 5.74) is 8.80. The van der Waals surface area contributed by atoms with Crippen LogP contribution in [0.4, 0.5) is 22.0 Å². The number of ether oxygens (including phenoxy) is 1. The Morgan fingerprint density at radius 1 is 0.824 bits per heavy atom. The van der Waals surface area contributed by atoms with Gasteiger partial charge in [-0.2, -0.15) is 10.2 Å². The minimum Gasteiger partial charge on any atom is -0.488 e. The number of anilines is 3. The van der Waals surface area contributed by atoms with E-state index in [4.69, 9.17) is 9.84 Å². The van der Waals surface area contributed by atoms with Crippen LogP contribution in [0, 0.1) is 6.92 Å². The highest BCUT2D eigenvalue weighted by Crippen LogP contribution is 2.40. The van der Waals surface area contributed by atoms with Gasteiger partial charge in [-0.1, -0.05) is 42.5 Å². The molecule has 346 valence electrons. The Morgan fingerprint density at radius 2 is 1.60 bits per heavy atom. The number of hydrogen-bond donors (Lipinski definition) is 2. The monoisotopic (exact) mass is 913 g/mol. The molecule has 0 spiro atoms. The molecule has 6 heterocycles. The number of carbonyl (C=O) groups is 4. The fourth-order valence-corrected chi connectivity index (χ4v) is 9.90. The SMILES string of the molecule is CNC(=O)c1cccc(N2CCN(c3nccc(-c4ccc(-n5cnn(C)c5=O)cc4OCc4ccc(C5CCN(c6cccc7c(C8CCC(=O)NC8=O)nn(C)c67)CC5)cc4)c3C)C2=O)c1. The first-order valence-electron chi connectivity index (χ1n) is 22.9. The van der Waals surface area contributed by atoms with Gasteiger partial charge in [0.2, 0.25) is 11.8 Å². The Kier molecular flexibility index (Phi) is 11.6. The summed E-state index contributed by atoms with van der Waals surface area (Å²) in [5.74, 6) is 0.230. The second-order valence-electron chi connectivity index (χ2n) is 17.6. The Hall–Kier alpha value is -8.08. The van der Waals surface area contributed by atoms with Gasteiger partial charge in [0.25, 0.3) is 5.91 Å². The number of para-hydroxylation sites is 1. The molecule has 4 aromatic carbocycles. The van der Waals surface area contributed by atoms with Gasteiger partial charge in [-0.25, -0.2) is 23.8 Å². The smallest absolute Gasteiger partial charge is 0.350 e. The van der Waals surface area contributed by atoms with Crippen LogP contribution in [0.1, 0.15) is 70.3 Å². The highest BCUT2D eigenvalue weighted by Gasteiger charge is 2.35. The number of carbonyl (C=O) groups excluding carboxylic acids is 4. The fourth-order valence-electron chi connectivity index (χ4n) is 9.90. The van der Waals surface area contributed by atoms with Gasteiger partial charge in [-0.3, -0.25) is 34.2 Å². The van der Waals surface area contributed by atoms with E-state index in [1.807, 2.05) is 61.1 Å². The third-order valence-corrected chi connectivity index (χ3v) is 13.6. The van der Waals surface area contributed by atoms with E-state index < -0.39 is 5.92 Å². The summed E-state index contributed by atoms with van der Waals surface area (Å²) >= 11 is 0. The zero-order valence-corrected chi connectivity index (χ0v) is 38.3. The molecule has 17 heteroatoms. The number of aromatic nitrogens is 6. The molecule has 7 aromatic rings. The third-order valence-electron chi connectivity index (χ3n) is 13.6. The minimum absolute atomic E-state index is 0.231. The highest BCUT2D eigenvalue weighted by molar-refractivity contribution is 6.07. The summed E-state index contributed by atoms with van der Waals surface area (Å²) < 4.78 is 11.3. The second kappa shape index (κ2) is 18.0. The molecule has 3 fully saturated rings. The third kappa shape index (κ3) is 8.02. The topological polar surface area (TPSA) is 182 Å². The van der Waals surface area contributed by atoms with Crippen molar-refractivity contribution < 1.29 is 23.9 Å². The largest absolute Gasteiger partial charge is 0.488 e. The lowest BCUT2D eigenvalue weighted by atomic mass is 9.88. The summed E-state index contributed by atoms with van der Waals surface area (Å²) in [4.78, 5) is 74.3. The molecule has 3 aromatic heterocycles. The molecule has 0 aliphatic carbocycles. The Bertz CT molecular complexity index is 3180. The van der Waals surface area contributed by atoms with Crippen LogP contribution in [0.2, 0.25) is 0 Å². The Labute approximate surface area is 391 Å². The van der Waals surface area contributed by atoms with E-state index >= 15 is 0 Å². The van der Waals surface area contributed by atoms with E-state index in [0.717, 1.165) is 70.5 Å². The number of aryl methyl sites for hydroxylation is 2. The maximum absolute atomic E-state index is 14.0. The predicted octanol–water partition coefficient (Wildman–Crippen LogP) is 6.12. The molecule has 5 amide bonds. The van der Waals surface area contributed by atoms with Crippen molar-refractivity contribution in [3.05, 3.63) is 142 Å². The zero-order chi connectivity index (χ0) is 47.2. The molecule has 3 aliphatic heterocycles. The molecule has 0 radical (unpaired) electrons. The Balaban J connectivity index is 0.855. The van der Waals surface area contributed by atoms with Gasteiger partial charge in [0.15, 0.2) is 0 Å². The molecule has 1 atom stereocenters. The number of amides is 5. The van der Waals surface area contributed by atoms with Crippen LogP contribution < -0.4 is 35.8 Å². The number of benzene rings is 4. The van der Waals surface area contributed by atoms with Crippen molar-refractivity contribution in [2.75, 3.05) is 47.9 Å². The van der Waals surface area contributed by atoms with Crippen molar-refractivity contribution in [1.82, 2.24) is 39.7 Å². The van der Waals surface area contributed by atoms with Gasteiger partial charge < -0.3 is 15.0 Å². The fraction of sp³-hybridized carbons (Fsp3) is 0.294. The van der Waals surface area contributed by atoms with Crippen LogP contribution in [0.25, 0.3) is 27.7 Å². The molecule has 3 saturated heterocycles. The van der Waals surface area contributed by atoms with Crippen molar-refractivity contribution in [3.63, 3.8) is 0 Å². The van der Waals surface area contributed by atoms with E-state index in [-0.39, 0.29) is 36.0 Å². The summed E-state index contributed by atoms with van der Waals surface area (Å²) in [6.45, 7) is 4.74. The lowest BCUT2D eigenvalue weighted by Gasteiger charge is -2.34. The predicted molar refractivity (Wildman–Crippen MR) is 257 cm³/mol. The van der Waals surface area contributed by atoms with E-state index in [0.29, 0.717) is 60.4 Å². The van der Waals surface area contributed by atoms with Gasteiger partial charge >= 0.3 is 11.7 Å². The molecule has 2 N–H and O–H groups in total. The number of urea groups is 1. The van der Waals surface area contributed by atoms with Crippen LogP contribution in [0.3, 0.4) is 0 Å². The van der Waals surface area contributed by atoms with E-state index in [1.165, 1.54) is 21.1 Å². The first-order chi connectivity index (χ1) is 33.0. The average Bonchev–Trinajstić information content (AvgIpc) is 4.03. The van der Waals surface area contributed by atoms with Gasteiger partial charge in [0.1, 0.15) is 24.5 Å². The normalized spacial score (nSPS) is 16.7. The molecule has 10 rings (SSSR count). The van der Waals surface area contributed by atoms with Crippen LogP contribution in [0.5, 0.6) is 5.75 Å². The highest BCUT2D eigenvalue weighted by atomic mass is 16.5. The number of imide groups is 1. The van der Waals surface area contributed by atoms with Crippen LogP contribution in [-0.2, 0) is 30.3 Å². The number of nitrogens with one attached hydrogen (secondary N) is 2. The van der Waals surface area contributed by atoms with Crippen LogP contribution in [0.15, 0.2) is 108 Å². The molecule has 0 bridgehead atoms. The van der Waals surface area contributed by atoms with E-state index in [2.05, 4.69) is 55.9 Å². The minimum atomic E-state index is -0.454. The standard InChI is InChI=1S/C51H51N11O6/c1-31-38(19-22-53-47(31)61-26-25-60(51(61)67)36-8-5-7-35(27-36)48(64)52-2)39-16-15-37(62-30-54-58(4)50(62)66)28-43(39)68-29-32-11-13-33(14-12-32)34-20-23-59(24-21-34)42-10-6-9-40-45(56-57(3)46(40)42)41-17-18-44(63)55-49(41)65/h5-16,19,22,27-28,30,34,41H,17-18,20-21,23-26,29H2,1-4H3,(H,52,64)(H,55,63,65). The number of nitrogens with zero attached hydrogens (tertiary/aromatic N) is 9. The van der Waals surface area contributed by atoms with Gasteiger partial charge in [-0.05, 0) is 91.3 Å². The summed E-state index contributed by atoms with van der Waals surface area (Å²) in [5, 5.41) is 15.0. The lowest BCUT2D eigenvalue weighted by Crippen LogP contribution is -2.39. The van der Waals surface area contributed by atoms with Crippen molar-refractivity contribution >= 4 is 51.8 Å². The van der Waals surface area contributed by atoms with Crippen LogP contribution >= 0.6 is 0 Å². The molecule has 17 nitrogen and oxygen atoms in total. The zero-order valence-electron chi connectivity index (χ0n) is 38.3. The molecular weight excluding hydrogens is 863 g/mol. The van der Waals surface area contributed by atoms with E-state index in [9.17, 15) is 24.0 Å². The van der Waals surface area contributed by atoms with Crippen molar-refractivity contribution in [2.45, 2.75) is 51.0 Å². The number of fused-ring (bicyclic) bond motifs is 1. The van der Waals surface area contributed by atoms with Crippen molar-refractivity contribution in [1.29, 1.82) is 0 Å². The maximum Gasteiger partial charge on any atom is 0.350 e. The quantitative estimate of drug-likeness (QED) is 0.144. The average molecular weight is 914 g/mol. The number of piperidine rings is 2. The molecule has 0 saturated carbocycles. The van der Waals surface area contributed by atoms with Gasteiger partial charge in [0.05, 0.1) is 28.5 Å². The second-order valence-corrected chi connectivity index (χ2v) is 17.6. The first kappa shape index (κ1) is 43.8. The molecule has 3 aliphatic rings. The first-order valence-corrected chi connectivity index (χ1v) is 22.9. The lowest BCUT2D eigenvalue weighted by molar-refractivity contribution is -0.134. The molecule has 68 heavy (non-hydrogen) atoms. The molecule has 1 unspecified atom stereocenters. The number of hydrogen-bond acceptors (Lipinski definition) is 10. The van der Waals surface area contributed by atoms with Crippen molar-refractivity contribution in [2.24, 2.45) is 14.1 Å². The van der Waals surface area contributed by atoms with Crippen LogP contribution in [-0.4, -0.2) is 86.1 Å². The maximum atomic E-state index is 14.0. The number of rotatable bonds is 11. The summed E-state index contributed by atoms with van der Waals surface area (Å²) in [6.07, 6.45) is 5.86. The summed E-state index contributed by atoms with van der Waals surface area (Å²) in [7, 11) is 5.09. The van der Waals surface area contributed by atoms with E-state index in [1.54, 1.807) is 48.3 Å². The van der Waals surface area contributed by atoms with Gasteiger partial charge in [-0.15, -0.1) is 0 Å².